The van der Waals surface area contributed by atoms with Crippen molar-refractivity contribution in [1.29, 1.82) is 0 Å². The SMILES string of the molecule is CN(C(=O)OCC1c2ccccc2-c2ccccc21)[C@H](Cc1ccc(=O)[nH]c1)C(=O)O. The third-order valence-corrected chi connectivity index (χ3v) is 5.65. The normalized spacial score (nSPS) is 13.2. The summed E-state index contributed by atoms with van der Waals surface area (Å²) in [5.41, 5.74) is 4.73. The summed E-state index contributed by atoms with van der Waals surface area (Å²) < 4.78 is 5.56. The smallest absolute Gasteiger partial charge is 0.410 e. The van der Waals surface area contributed by atoms with Gasteiger partial charge in [0.1, 0.15) is 12.6 Å². The predicted molar refractivity (Wildman–Crippen MR) is 115 cm³/mol. The molecule has 0 aliphatic heterocycles. The number of hydrogen-bond donors (Lipinski definition) is 2. The highest BCUT2D eigenvalue weighted by Crippen LogP contribution is 2.44. The molecule has 2 aromatic carbocycles. The third kappa shape index (κ3) is 4.07. The highest BCUT2D eigenvalue weighted by Gasteiger charge is 2.32. The number of carbonyl (C=O) groups is 2. The molecule has 0 spiro atoms. The minimum atomic E-state index is -1.15. The van der Waals surface area contributed by atoms with Gasteiger partial charge in [0.15, 0.2) is 0 Å². The van der Waals surface area contributed by atoms with Crippen molar-refractivity contribution in [2.75, 3.05) is 13.7 Å². The van der Waals surface area contributed by atoms with Crippen LogP contribution in [0.3, 0.4) is 0 Å². The second-order valence-corrected chi connectivity index (χ2v) is 7.53. The molecular formula is C24H22N2O5. The van der Waals surface area contributed by atoms with E-state index in [9.17, 15) is 19.5 Å². The van der Waals surface area contributed by atoms with Crippen LogP contribution in [0.4, 0.5) is 4.79 Å². The number of nitrogens with zero attached hydrogens (tertiary/aromatic N) is 1. The zero-order valence-electron chi connectivity index (χ0n) is 16.9. The molecular weight excluding hydrogens is 396 g/mol. The van der Waals surface area contributed by atoms with Crippen LogP contribution >= 0.6 is 0 Å². The molecule has 1 aliphatic carbocycles. The van der Waals surface area contributed by atoms with E-state index >= 15 is 0 Å². The Balaban J connectivity index is 1.48. The summed E-state index contributed by atoms with van der Waals surface area (Å²) in [6, 6.07) is 17.7. The number of amides is 1. The number of pyridine rings is 1. The molecule has 0 radical (unpaired) electrons. The predicted octanol–water partition coefficient (Wildman–Crippen LogP) is 3.25. The molecule has 3 aromatic rings. The first kappa shape index (κ1) is 20.4. The molecule has 0 saturated heterocycles. The lowest BCUT2D eigenvalue weighted by Gasteiger charge is -2.25. The number of benzene rings is 2. The standard InChI is InChI=1S/C24H22N2O5/c1-26(21(23(28)29)12-15-10-11-22(27)25-13-15)24(30)31-14-20-18-8-4-2-6-16(18)17-7-3-5-9-19(17)20/h2-11,13,20-21H,12,14H2,1H3,(H,25,27)(H,28,29)/t21-/m1/s1. The van der Waals surface area contributed by atoms with Gasteiger partial charge >= 0.3 is 12.1 Å². The second kappa shape index (κ2) is 8.47. The summed E-state index contributed by atoms with van der Waals surface area (Å²) in [5.74, 6) is -1.26. The summed E-state index contributed by atoms with van der Waals surface area (Å²) in [5, 5.41) is 9.63. The Kier molecular flexibility index (Phi) is 5.58. The first-order valence-corrected chi connectivity index (χ1v) is 9.94. The van der Waals surface area contributed by atoms with Crippen molar-refractivity contribution in [3.05, 3.63) is 93.9 Å². The number of ether oxygens (including phenoxy) is 1. The molecule has 0 bridgehead atoms. The van der Waals surface area contributed by atoms with Gasteiger partial charge in [-0.2, -0.15) is 0 Å². The Labute approximate surface area is 178 Å². The largest absolute Gasteiger partial charge is 0.480 e. The van der Waals surface area contributed by atoms with Gasteiger partial charge in [0.2, 0.25) is 5.56 Å². The molecule has 1 atom stereocenters. The van der Waals surface area contributed by atoms with Gasteiger partial charge in [0, 0.05) is 31.6 Å². The minimum absolute atomic E-state index is 0.0484. The van der Waals surface area contributed by atoms with Gasteiger partial charge in [-0.05, 0) is 27.8 Å². The van der Waals surface area contributed by atoms with Crippen molar-refractivity contribution in [3.63, 3.8) is 0 Å². The molecule has 158 valence electrons. The van der Waals surface area contributed by atoms with Gasteiger partial charge in [-0.1, -0.05) is 54.6 Å². The lowest BCUT2D eigenvalue weighted by atomic mass is 9.98. The molecule has 0 fully saturated rings. The van der Waals surface area contributed by atoms with E-state index in [1.54, 1.807) is 6.07 Å². The number of likely N-dealkylation sites (N-methyl/N-ethyl adjacent to an activating group) is 1. The van der Waals surface area contributed by atoms with Gasteiger partial charge in [0.05, 0.1) is 0 Å². The van der Waals surface area contributed by atoms with Crippen LogP contribution in [0.15, 0.2) is 71.7 Å². The van der Waals surface area contributed by atoms with E-state index in [0.717, 1.165) is 27.2 Å². The molecule has 4 rings (SSSR count). The van der Waals surface area contributed by atoms with Crippen LogP contribution in [0.1, 0.15) is 22.6 Å². The maximum atomic E-state index is 12.7. The maximum absolute atomic E-state index is 12.7. The van der Waals surface area contributed by atoms with Crippen LogP contribution in [-0.2, 0) is 16.0 Å². The number of hydrogen-bond acceptors (Lipinski definition) is 4. The van der Waals surface area contributed by atoms with Crippen LogP contribution in [0, 0.1) is 0 Å². The number of aliphatic carboxylic acids is 1. The van der Waals surface area contributed by atoms with Crippen molar-refractivity contribution in [1.82, 2.24) is 9.88 Å². The number of carboxylic acids is 1. The van der Waals surface area contributed by atoms with Crippen molar-refractivity contribution < 1.29 is 19.4 Å². The topological polar surface area (TPSA) is 99.7 Å². The Morgan fingerprint density at radius 1 is 1.03 bits per heavy atom. The number of H-pyrrole nitrogens is 1. The summed E-state index contributed by atoms with van der Waals surface area (Å²) in [4.78, 5) is 39.3. The summed E-state index contributed by atoms with van der Waals surface area (Å²) in [6.07, 6.45) is 0.787. The Hall–Kier alpha value is -3.87. The molecule has 7 heteroatoms. The van der Waals surface area contributed by atoms with Crippen LogP contribution in [0.25, 0.3) is 11.1 Å². The molecule has 0 unspecified atom stereocenters. The highest BCUT2D eigenvalue weighted by molar-refractivity contribution is 5.81. The number of nitrogens with one attached hydrogen (secondary N) is 1. The number of carbonyl (C=O) groups excluding carboxylic acids is 1. The van der Waals surface area contributed by atoms with E-state index in [4.69, 9.17) is 4.74 Å². The number of aromatic nitrogens is 1. The fourth-order valence-electron chi connectivity index (χ4n) is 4.01. The Bertz CT molecular complexity index is 1120. The van der Waals surface area contributed by atoms with Gasteiger partial charge in [0.25, 0.3) is 0 Å². The summed E-state index contributed by atoms with van der Waals surface area (Å²) >= 11 is 0. The monoisotopic (exact) mass is 418 g/mol. The van der Waals surface area contributed by atoms with Crippen LogP contribution < -0.4 is 5.56 Å². The average molecular weight is 418 g/mol. The molecule has 1 aromatic heterocycles. The molecule has 1 heterocycles. The second-order valence-electron chi connectivity index (χ2n) is 7.53. The van der Waals surface area contributed by atoms with Crippen LogP contribution in [0.5, 0.6) is 0 Å². The maximum Gasteiger partial charge on any atom is 0.410 e. The number of carboxylic acid groups (broad SMARTS) is 1. The fourth-order valence-corrected chi connectivity index (χ4v) is 4.01. The number of rotatable bonds is 6. The van der Waals surface area contributed by atoms with E-state index in [1.807, 2.05) is 48.5 Å². The van der Waals surface area contributed by atoms with Gasteiger partial charge in [-0.25, -0.2) is 9.59 Å². The molecule has 0 saturated carbocycles. The van der Waals surface area contributed by atoms with Crippen LogP contribution in [-0.4, -0.2) is 46.7 Å². The minimum Gasteiger partial charge on any atom is -0.480 e. The quantitative estimate of drug-likeness (QED) is 0.640. The van der Waals surface area contributed by atoms with E-state index in [0.29, 0.717) is 5.56 Å². The lowest BCUT2D eigenvalue weighted by Crippen LogP contribution is -2.44. The molecule has 1 amide bonds. The van der Waals surface area contributed by atoms with Gasteiger partial charge in [-0.15, -0.1) is 0 Å². The summed E-state index contributed by atoms with van der Waals surface area (Å²) in [6.45, 7) is 0.113. The lowest BCUT2D eigenvalue weighted by molar-refractivity contribution is -0.142. The van der Waals surface area contributed by atoms with Gasteiger partial charge < -0.3 is 14.8 Å². The van der Waals surface area contributed by atoms with Gasteiger partial charge in [-0.3, -0.25) is 9.69 Å². The number of aromatic amines is 1. The Morgan fingerprint density at radius 2 is 1.65 bits per heavy atom. The fraction of sp³-hybridized carbons (Fsp3) is 0.208. The van der Waals surface area contributed by atoms with Crippen molar-refractivity contribution >= 4 is 12.1 Å². The van der Waals surface area contributed by atoms with E-state index < -0.39 is 18.1 Å². The van der Waals surface area contributed by atoms with Crippen LogP contribution in [0.2, 0.25) is 0 Å². The Morgan fingerprint density at radius 3 is 2.19 bits per heavy atom. The zero-order valence-corrected chi connectivity index (χ0v) is 16.9. The summed E-state index contributed by atoms with van der Waals surface area (Å²) in [7, 11) is 1.41. The molecule has 31 heavy (non-hydrogen) atoms. The molecule has 1 aliphatic rings. The highest BCUT2D eigenvalue weighted by atomic mass is 16.6. The van der Waals surface area contributed by atoms with Crippen molar-refractivity contribution in [2.24, 2.45) is 0 Å². The van der Waals surface area contributed by atoms with E-state index in [2.05, 4.69) is 4.98 Å². The van der Waals surface area contributed by atoms with E-state index in [-0.39, 0.29) is 24.5 Å². The van der Waals surface area contributed by atoms with E-state index in [1.165, 1.54) is 19.3 Å². The molecule has 2 N–H and O–H groups in total. The van der Waals surface area contributed by atoms with Crippen molar-refractivity contribution in [2.45, 2.75) is 18.4 Å². The average Bonchev–Trinajstić information content (AvgIpc) is 3.10. The third-order valence-electron chi connectivity index (χ3n) is 5.65. The molecule has 7 nitrogen and oxygen atoms in total. The zero-order chi connectivity index (χ0) is 22.0. The number of fused-ring (bicyclic) bond motifs is 3. The first-order chi connectivity index (χ1) is 15.0. The first-order valence-electron chi connectivity index (χ1n) is 9.94. The van der Waals surface area contributed by atoms with Crippen molar-refractivity contribution in [3.8, 4) is 11.1 Å².